The summed E-state index contributed by atoms with van der Waals surface area (Å²) >= 11 is 0. The lowest BCUT2D eigenvalue weighted by atomic mass is 9.94. The molecule has 0 saturated carbocycles. The third-order valence-corrected chi connectivity index (χ3v) is 2.83. The lowest BCUT2D eigenvalue weighted by molar-refractivity contribution is 0.388. The highest BCUT2D eigenvalue weighted by atomic mass is 16.5. The number of hydrogen-bond acceptors (Lipinski definition) is 3. The normalized spacial score (nSPS) is 12.9. The van der Waals surface area contributed by atoms with Crippen LogP contribution >= 0.6 is 0 Å². The Morgan fingerprint density at radius 2 is 2.20 bits per heavy atom. The number of aryl methyl sites for hydroxylation is 2. The highest BCUT2D eigenvalue weighted by Crippen LogP contribution is 2.38. The molecule has 2 aromatic rings. The Morgan fingerprint density at radius 3 is 3.07 bits per heavy atom. The van der Waals surface area contributed by atoms with E-state index in [9.17, 15) is 0 Å². The molecule has 3 rings (SSSR count). The van der Waals surface area contributed by atoms with Gasteiger partial charge in [-0.2, -0.15) is 0 Å². The van der Waals surface area contributed by atoms with Crippen LogP contribution in [0.2, 0.25) is 0 Å². The van der Waals surface area contributed by atoms with Gasteiger partial charge < -0.3 is 9.84 Å². The molecule has 1 N–H and O–H groups in total. The van der Waals surface area contributed by atoms with Crippen molar-refractivity contribution >= 4 is 5.69 Å². The maximum absolute atomic E-state index is 5.19. The topological polar surface area (TPSA) is 38.1 Å². The fraction of sp³-hybridized carbons (Fsp3) is 0.250. The molecular weight excluding hydrogens is 188 g/mol. The average Bonchev–Trinajstić information content (AvgIpc) is 2.63. The molecule has 1 aliphatic heterocycles. The van der Waals surface area contributed by atoms with Crippen LogP contribution in [-0.2, 0) is 6.54 Å². The lowest BCUT2D eigenvalue weighted by Crippen LogP contribution is -2.08. The molecule has 0 fully saturated rings. The van der Waals surface area contributed by atoms with Crippen LogP contribution in [0, 0.1) is 13.8 Å². The number of nitrogens with one attached hydrogen (secondary N) is 1. The maximum Gasteiger partial charge on any atom is 0.163 e. The van der Waals surface area contributed by atoms with Crippen LogP contribution in [0.1, 0.15) is 16.9 Å². The van der Waals surface area contributed by atoms with Crippen molar-refractivity contribution in [3.63, 3.8) is 0 Å². The number of benzene rings is 1. The van der Waals surface area contributed by atoms with E-state index in [1.165, 1.54) is 22.4 Å². The number of rotatable bonds is 0. The van der Waals surface area contributed by atoms with Crippen LogP contribution in [-0.4, -0.2) is 5.16 Å². The first-order valence-corrected chi connectivity index (χ1v) is 5.05. The molecule has 76 valence electrons. The van der Waals surface area contributed by atoms with Crippen LogP contribution in [0.5, 0.6) is 0 Å². The van der Waals surface area contributed by atoms with Crippen LogP contribution in [0.3, 0.4) is 0 Å². The van der Waals surface area contributed by atoms with Gasteiger partial charge in [0.05, 0.1) is 12.7 Å². The summed E-state index contributed by atoms with van der Waals surface area (Å²) in [7, 11) is 0. The molecule has 0 amide bonds. The molecule has 0 unspecified atom stereocenters. The minimum Gasteiger partial charge on any atom is -0.377 e. The Labute approximate surface area is 88.1 Å². The van der Waals surface area contributed by atoms with E-state index in [1.807, 2.05) is 0 Å². The molecule has 0 radical (unpaired) electrons. The highest BCUT2D eigenvalue weighted by molar-refractivity contribution is 5.84. The van der Waals surface area contributed by atoms with Gasteiger partial charge in [-0.25, -0.2) is 0 Å². The SMILES string of the molecule is Cc1cc(C)c2c(c1)NCc1oncc1-2. The van der Waals surface area contributed by atoms with E-state index in [2.05, 4.69) is 36.5 Å². The molecule has 1 aliphatic rings. The van der Waals surface area contributed by atoms with Crippen molar-refractivity contribution in [3.05, 3.63) is 35.2 Å². The summed E-state index contributed by atoms with van der Waals surface area (Å²) in [6.45, 7) is 4.96. The minimum absolute atomic E-state index is 0.727. The van der Waals surface area contributed by atoms with E-state index >= 15 is 0 Å². The van der Waals surface area contributed by atoms with Crippen molar-refractivity contribution in [1.29, 1.82) is 0 Å². The van der Waals surface area contributed by atoms with Gasteiger partial charge in [0.2, 0.25) is 0 Å². The number of nitrogens with zero attached hydrogens (tertiary/aromatic N) is 1. The third-order valence-electron chi connectivity index (χ3n) is 2.83. The zero-order valence-corrected chi connectivity index (χ0v) is 8.79. The van der Waals surface area contributed by atoms with E-state index < -0.39 is 0 Å². The average molecular weight is 200 g/mol. The standard InChI is InChI=1S/C12H12N2O/c1-7-3-8(2)12-9-5-14-15-11(9)6-13-10(12)4-7/h3-5,13H,6H2,1-2H3. The molecule has 0 saturated heterocycles. The van der Waals surface area contributed by atoms with Crippen molar-refractivity contribution < 1.29 is 4.52 Å². The molecule has 1 aromatic carbocycles. The summed E-state index contributed by atoms with van der Waals surface area (Å²) in [6, 6.07) is 4.35. The quantitative estimate of drug-likeness (QED) is 0.710. The van der Waals surface area contributed by atoms with E-state index in [4.69, 9.17) is 4.52 Å². The number of fused-ring (bicyclic) bond motifs is 3. The van der Waals surface area contributed by atoms with E-state index in [1.54, 1.807) is 6.20 Å². The van der Waals surface area contributed by atoms with Crippen molar-refractivity contribution in [2.45, 2.75) is 20.4 Å². The first kappa shape index (κ1) is 8.53. The molecule has 0 aliphatic carbocycles. The van der Waals surface area contributed by atoms with E-state index in [-0.39, 0.29) is 0 Å². The maximum atomic E-state index is 5.19. The smallest absolute Gasteiger partial charge is 0.163 e. The number of hydrogen-bond donors (Lipinski definition) is 1. The van der Waals surface area contributed by atoms with E-state index in [0.29, 0.717) is 0 Å². The highest BCUT2D eigenvalue weighted by Gasteiger charge is 2.20. The minimum atomic E-state index is 0.727. The largest absolute Gasteiger partial charge is 0.377 e. The Bertz CT molecular complexity index is 528. The Morgan fingerprint density at radius 1 is 1.33 bits per heavy atom. The predicted octanol–water partition coefficient (Wildman–Crippen LogP) is 2.88. The molecule has 1 aromatic heterocycles. The third kappa shape index (κ3) is 1.16. The molecule has 0 atom stereocenters. The second kappa shape index (κ2) is 2.86. The van der Waals surface area contributed by atoms with Crippen LogP contribution in [0.15, 0.2) is 22.9 Å². The Kier molecular flexibility index (Phi) is 1.63. The van der Waals surface area contributed by atoms with Crippen LogP contribution < -0.4 is 5.32 Å². The molecule has 3 nitrogen and oxygen atoms in total. The van der Waals surface area contributed by atoms with Gasteiger partial charge in [-0.1, -0.05) is 11.2 Å². The molecule has 2 heterocycles. The van der Waals surface area contributed by atoms with Gasteiger partial charge in [-0.05, 0) is 31.0 Å². The summed E-state index contributed by atoms with van der Waals surface area (Å²) in [5, 5.41) is 7.20. The lowest BCUT2D eigenvalue weighted by Gasteiger charge is -2.19. The van der Waals surface area contributed by atoms with Gasteiger partial charge in [-0.3, -0.25) is 0 Å². The fourth-order valence-electron chi connectivity index (χ4n) is 2.24. The summed E-state index contributed by atoms with van der Waals surface area (Å²) in [5.74, 6) is 0.925. The van der Waals surface area contributed by atoms with E-state index in [0.717, 1.165) is 17.9 Å². The second-order valence-corrected chi connectivity index (χ2v) is 4.02. The number of aromatic nitrogens is 1. The molecule has 15 heavy (non-hydrogen) atoms. The number of anilines is 1. The molecule has 0 bridgehead atoms. The summed E-state index contributed by atoms with van der Waals surface area (Å²) < 4.78 is 5.19. The molecular formula is C12H12N2O. The van der Waals surface area contributed by atoms with Gasteiger partial charge in [0.25, 0.3) is 0 Å². The zero-order valence-electron chi connectivity index (χ0n) is 8.79. The fourth-order valence-corrected chi connectivity index (χ4v) is 2.24. The van der Waals surface area contributed by atoms with Gasteiger partial charge in [0.1, 0.15) is 0 Å². The van der Waals surface area contributed by atoms with Crippen molar-refractivity contribution in [2.75, 3.05) is 5.32 Å². The van der Waals surface area contributed by atoms with Crippen molar-refractivity contribution in [1.82, 2.24) is 5.16 Å². The van der Waals surface area contributed by atoms with Crippen LogP contribution in [0.25, 0.3) is 11.1 Å². The van der Waals surface area contributed by atoms with Crippen molar-refractivity contribution in [2.24, 2.45) is 0 Å². The van der Waals surface area contributed by atoms with Gasteiger partial charge in [0, 0.05) is 16.8 Å². The van der Waals surface area contributed by atoms with Gasteiger partial charge in [-0.15, -0.1) is 0 Å². The van der Waals surface area contributed by atoms with Crippen LogP contribution in [0.4, 0.5) is 5.69 Å². The second-order valence-electron chi connectivity index (χ2n) is 4.02. The van der Waals surface area contributed by atoms with Crippen molar-refractivity contribution in [3.8, 4) is 11.1 Å². The molecule has 3 heteroatoms. The Balaban J connectivity index is 2.32. The summed E-state index contributed by atoms with van der Waals surface area (Å²) in [6.07, 6.45) is 1.80. The summed E-state index contributed by atoms with van der Waals surface area (Å²) in [5.41, 5.74) is 6.08. The molecule has 0 spiro atoms. The summed E-state index contributed by atoms with van der Waals surface area (Å²) in [4.78, 5) is 0. The Hall–Kier alpha value is -1.77. The predicted molar refractivity (Wildman–Crippen MR) is 58.7 cm³/mol. The first-order valence-electron chi connectivity index (χ1n) is 5.05. The zero-order chi connectivity index (χ0) is 10.4. The van der Waals surface area contributed by atoms with Gasteiger partial charge in [0.15, 0.2) is 5.76 Å². The monoisotopic (exact) mass is 200 g/mol. The first-order chi connectivity index (χ1) is 7.25. The van der Waals surface area contributed by atoms with Gasteiger partial charge >= 0.3 is 0 Å².